The van der Waals surface area contributed by atoms with Crippen LogP contribution in [0, 0.1) is 13.8 Å². The van der Waals surface area contributed by atoms with Crippen molar-refractivity contribution in [1.82, 2.24) is 10.3 Å². The summed E-state index contributed by atoms with van der Waals surface area (Å²) < 4.78 is 5.05. The predicted molar refractivity (Wildman–Crippen MR) is 83.7 cm³/mol. The molecule has 1 aliphatic heterocycles. The molecule has 1 unspecified atom stereocenters. The Morgan fingerprint density at radius 1 is 1.35 bits per heavy atom. The van der Waals surface area contributed by atoms with E-state index in [0.29, 0.717) is 35.6 Å². The first-order valence-corrected chi connectivity index (χ1v) is 7.88. The summed E-state index contributed by atoms with van der Waals surface area (Å²) in [6.45, 7) is 8.91. The van der Waals surface area contributed by atoms with Crippen molar-refractivity contribution in [2.75, 3.05) is 26.2 Å². The Labute approximate surface area is 135 Å². The Balaban J connectivity index is 2.24. The molecule has 1 amide bonds. The van der Waals surface area contributed by atoms with Crippen LogP contribution in [-0.4, -0.2) is 54.9 Å². The Hall–Kier alpha value is -2.15. The van der Waals surface area contributed by atoms with Gasteiger partial charge in [0.15, 0.2) is 12.6 Å². The number of quaternary nitrogens is 1. The molecule has 0 radical (unpaired) electrons. The largest absolute Gasteiger partial charge is 0.462 e. The van der Waals surface area contributed by atoms with Gasteiger partial charge in [-0.2, -0.15) is 0 Å². The summed E-state index contributed by atoms with van der Waals surface area (Å²) >= 11 is 0. The molecule has 0 bridgehead atoms. The van der Waals surface area contributed by atoms with Crippen LogP contribution in [0.3, 0.4) is 0 Å². The van der Waals surface area contributed by atoms with Crippen LogP contribution in [-0.2, 0) is 9.53 Å². The number of Topliss-reactive ketones (excluding diaryl/α,β-unsaturated/α-hetero) is 1. The number of carbonyl (C=O) groups is 3. The molecule has 1 saturated heterocycles. The Morgan fingerprint density at radius 2 is 2.04 bits per heavy atom. The summed E-state index contributed by atoms with van der Waals surface area (Å²) in [6, 6.07) is -0.354. The second kappa shape index (κ2) is 6.95. The molecule has 2 rings (SSSR count). The zero-order chi connectivity index (χ0) is 17.1. The number of aromatic nitrogens is 1. The average Bonchev–Trinajstić information content (AvgIpc) is 2.81. The molecule has 126 valence electrons. The number of H-pyrrole nitrogens is 1. The van der Waals surface area contributed by atoms with Gasteiger partial charge in [-0.3, -0.25) is 9.59 Å². The van der Waals surface area contributed by atoms with E-state index in [4.69, 9.17) is 4.74 Å². The number of hydrogen-bond donors (Lipinski definition) is 3. The van der Waals surface area contributed by atoms with E-state index < -0.39 is 5.97 Å². The summed E-state index contributed by atoms with van der Waals surface area (Å²) in [5.74, 6) is -0.557. The number of hydrogen-bond acceptors (Lipinski definition) is 4. The lowest BCUT2D eigenvalue weighted by Crippen LogP contribution is -3.19. The smallest absolute Gasteiger partial charge is 0.340 e. The highest BCUT2D eigenvalue weighted by molar-refractivity contribution is 6.03. The number of ketones is 1. The number of piperazine rings is 1. The minimum absolute atomic E-state index is 0.0440. The zero-order valence-electron chi connectivity index (χ0n) is 14.0. The van der Waals surface area contributed by atoms with Crippen molar-refractivity contribution >= 4 is 17.7 Å². The maximum atomic E-state index is 12.8. The third kappa shape index (κ3) is 3.44. The van der Waals surface area contributed by atoms with Gasteiger partial charge in [-0.25, -0.2) is 4.79 Å². The summed E-state index contributed by atoms with van der Waals surface area (Å²) in [5, 5.41) is 2.76. The fourth-order valence-corrected chi connectivity index (χ4v) is 3.00. The molecule has 1 aliphatic rings. The van der Waals surface area contributed by atoms with Gasteiger partial charge in [0.25, 0.3) is 5.91 Å². The molecule has 1 fully saturated rings. The van der Waals surface area contributed by atoms with E-state index in [1.54, 1.807) is 20.8 Å². The van der Waals surface area contributed by atoms with E-state index in [0.717, 1.165) is 4.90 Å². The van der Waals surface area contributed by atoms with E-state index in [9.17, 15) is 14.4 Å². The van der Waals surface area contributed by atoms with Gasteiger partial charge in [-0.1, -0.05) is 0 Å². The first-order chi connectivity index (χ1) is 10.9. The van der Waals surface area contributed by atoms with Crippen LogP contribution in [0.4, 0.5) is 0 Å². The molecule has 0 aromatic carbocycles. The third-order valence-electron chi connectivity index (χ3n) is 4.33. The lowest BCUT2D eigenvalue weighted by molar-refractivity contribution is -0.907. The lowest BCUT2D eigenvalue weighted by Gasteiger charge is -2.28. The van der Waals surface area contributed by atoms with Crippen LogP contribution >= 0.6 is 0 Å². The molecule has 7 heteroatoms. The van der Waals surface area contributed by atoms with Gasteiger partial charge in [0.1, 0.15) is 0 Å². The minimum Gasteiger partial charge on any atom is -0.462 e. The highest BCUT2D eigenvalue weighted by Crippen LogP contribution is 2.20. The molecular weight excluding hydrogens is 298 g/mol. The van der Waals surface area contributed by atoms with Gasteiger partial charge in [0.05, 0.1) is 31.0 Å². The lowest BCUT2D eigenvalue weighted by atomic mass is 10.0. The number of aromatic amines is 1. The molecule has 3 N–H and O–H groups in total. The van der Waals surface area contributed by atoms with Crippen molar-refractivity contribution in [3.8, 4) is 0 Å². The van der Waals surface area contributed by atoms with Crippen LogP contribution in [0.15, 0.2) is 0 Å². The fourth-order valence-electron chi connectivity index (χ4n) is 3.00. The Morgan fingerprint density at radius 3 is 2.65 bits per heavy atom. The fraction of sp³-hybridized carbons (Fsp3) is 0.562. The number of aryl methyl sites for hydroxylation is 1. The average molecular weight is 322 g/mol. The minimum atomic E-state index is -0.421. The maximum absolute atomic E-state index is 12.8. The third-order valence-corrected chi connectivity index (χ3v) is 4.33. The molecular formula is C16H24N3O4+. The standard InChI is InChI=1S/C16H23N3O4/c1-5-23-16(22)13-9(2)14(18-10(13)3)15(21)11(4)19-7-6-17-12(20)8-19/h11,18H,5-8H2,1-4H3,(H,17,20)/p+1/t11-/m1/s1. The molecule has 0 saturated carbocycles. The van der Waals surface area contributed by atoms with Crippen molar-refractivity contribution in [2.45, 2.75) is 33.7 Å². The van der Waals surface area contributed by atoms with Crippen molar-refractivity contribution in [3.05, 3.63) is 22.5 Å². The molecule has 2 atom stereocenters. The second-order valence-electron chi connectivity index (χ2n) is 5.87. The van der Waals surface area contributed by atoms with Crippen molar-refractivity contribution < 1.29 is 24.0 Å². The maximum Gasteiger partial charge on any atom is 0.340 e. The van der Waals surface area contributed by atoms with Gasteiger partial charge in [-0.15, -0.1) is 0 Å². The van der Waals surface area contributed by atoms with E-state index in [1.165, 1.54) is 0 Å². The van der Waals surface area contributed by atoms with Crippen molar-refractivity contribution in [3.63, 3.8) is 0 Å². The highest BCUT2D eigenvalue weighted by atomic mass is 16.5. The predicted octanol–water partition coefficient (Wildman–Crippen LogP) is -0.606. The molecule has 1 aromatic rings. The van der Waals surface area contributed by atoms with Gasteiger partial charge in [0, 0.05) is 5.69 Å². The molecule has 2 heterocycles. The van der Waals surface area contributed by atoms with Gasteiger partial charge in [0.2, 0.25) is 5.78 Å². The number of carbonyl (C=O) groups excluding carboxylic acids is 3. The van der Waals surface area contributed by atoms with Gasteiger partial charge < -0.3 is 19.9 Å². The zero-order valence-corrected chi connectivity index (χ0v) is 14.0. The van der Waals surface area contributed by atoms with Crippen LogP contribution in [0.5, 0.6) is 0 Å². The summed E-state index contributed by atoms with van der Waals surface area (Å²) in [6.07, 6.45) is 0. The summed E-state index contributed by atoms with van der Waals surface area (Å²) in [4.78, 5) is 40.3. The first kappa shape index (κ1) is 17.2. The molecule has 7 nitrogen and oxygen atoms in total. The summed E-state index contributed by atoms with van der Waals surface area (Å²) in [7, 11) is 0. The Kier molecular flexibility index (Phi) is 5.20. The van der Waals surface area contributed by atoms with Crippen LogP contribution < -0.4 is 10.2 Å². The van der Waals surface area contributed by atoms with E-state index in [1.807, 2.05) is 6.92 Å². The van der Waals surface area contributed by atoms with Crippen molar-refractivity contribution in [2.24, 2.45) is 0 Å². The molecule has 0 aliphatic carbocycles. The Bertz CT molecular complexity index is 636. The number of nitrogens with one attached hydrogen (secondary N) is 3. The van der Waals surface area contributed by atoms with E-state index >= 15 is 0 Å². The van der Waals surface area contributed by atoms with Gasteiger partial charge >= 0.3 is 5.97 Å². The monoisotopic (exact) mass is 322 g/mol. The molecule has 1 aromatic heterocycles. The number of amides is 1. The number of ether oxygens (including phenoxy) is 1. The second-order valence-corrected chi connectivity index (χ2v) is 5.87. The molecule has 23 heavy (non-hydrogen) atoms. The number of rotatable bonds is 5. The highest BCUT2D eigenvalue weighted by Gasteiger charge is 2.33. The molecule has 0 spiro atoms. The summed E-state index contributed by atoms with van der Waals surface area (Å²) in [5.41, 5.74) is 2.09. The first-order valence-electron chi connectivity index (χ1n) is 7.88. The SMILES string of the molecule is CCOC(=O)c1c(C)[nH]c(C(=O)[C@@H](C)[NH+]2CCNC(=O)C2)c1C. The van der Waals surface area contributed by atoms with Crippen LogP contribution in [0.2, 0.25) is 0 Å². The van der Waals surface area contributed by atoms with Gasteiger partial charge in [-0.05, 0) is 33.3 Å². The normalized spacial score (nSPS) is 19.1. The quantitative estimate of drug-likeness (QED) is 0.498. The van der Waals surface area contributed by atoms with E-state index in [-0.39, 0.29) is 30.9 Å². The van der Waals surface area contributed by atoms with Crippen LogP contribution in [0.1, 0.15) is 46.0 Å². The topological polar surface area (TPSA) is 92.7 Å². The van der Waals surface area contributed by atoms with Crippen LogP contribution in [0.25, 0.3) is 0 Å². The van der Waals surface area contributed by atoms with Crippen molar-refractivity contribution in [1.29, 1.82) is 0 Å². The number of esters is 1. The van der Waals surface area contributed by atoms with E-state index in [2.05, 4.69) is 10.3 Å².